The van der Waals surface area contributed by atoms with Crippen LogP contribution in [0.4, 0.5) is 0 Å². The van der Waals surface area contributed by atoms with Crippen molar-refractivity contribution in [3.8, 4) is 0 Å². The topological polar surface area (TPSA) is 29.6 Å². The highest BCUT2D eigenvalue weighted by molar-refractivity contribution is 5.64. The van der Waals surface area contributed by atoms with Crippen LogP contribution >= 0.6 is 0 Å². The number of hydrogen-bond acceptors (Lipinski definition) is 2. The van der Waals surface area contributed by atoms with E-state index in [-0.39, 0.29) is 6.10 Å². The van der Waals surface area contributed by atoms with E-state index in [4.69, 9.17) is 4.74 Å². The number of unbranched alkanes of at least 4 members (excludes halogenated alkanes) is 6. The molecule has 2 atom stereocenters. The van der Waals surface area contributed by atoms with E-state index in [0.29, 0.717) is 6.10 Å². The van der Waals surface area contributed by atoms with Crippen LogP contribution in [-0.4, -0.2) is 18.5 Å². The second kappa shape index (κ2) is 8.51. The minimum absolute atomic E-state index is 0.227. The fourth-order valence-corrected chi connectivity index (χ4v) is 2.02. The molecule has 0 bridgehead atoms. The highest BCUT2D eigenvalue weighted by atomic mass is 16.6. The van der Waals surface area contributed by atoms with Crippen molar-refractivity contribution in [3.05, 3.63) is 12.2 Å². The van der Waals surface area contributed by atoms with Crippen molar-refractivity contribution in [2.45, 2.75) is 70.5 Å². The number of carbonyl (C=O) groups excluding carboxylic acids is 1. The summed E-state index contributed by atoms with van der Waals surface area (Å²) in [5, 5.41) is 0. The molecule has 92 valence electrons. The molecular weight excluding hydrogens is 200 g/mol. The number of allylic oxidation sites excluding steroid dienone is 1. The van der Waals surface area contributed by atoms with Crippen molar-refractivity contribution < 1.29 is 9.53 Å². The summed E-state index contributed by atoms with van der Waals surface area (Å²) in [6.07, 6.45) is 15.4. The molecule has 2 nitrogen and oxygen atoms in total. The Hall–Kier alpha value is -0.630. The van der Waals surface area contributed by atoms with Gasteiger partial charge in [-0.2, -0.15) is 0 Å². The summed E-state index contributed by atoms with van der Waals surface area (Å²) in [5.41, 5.74) is 0. The van der Waals surface area contributed by atoms with Gasteiger partial charge in [0.2, 0.25) is 0 Å². The van der Waals surface area contributed by atoms with E-state index in [0.717, 1.165) is 12.7 Å². The number of aldehydes is 1. The lowest BCUT2D eigenvalue weighted by atomic mass is 10.1. The highest BCUT2D eigenvalue weighted by Crippen LogP contribution is 2.28. The average Bonchev–Trinajstić information content (AvgIpc) is 3.04. The van der Waals surface area contributed by atoms with E-state index in [9.17, 15) is 4.79 Å². The zero-order valence-electron chi connectivity index (χ0n) is 10.4. The maximum atomic E-state index is 10.1. The average molecular weight is 224 g/mol. The van der Waals surface area contributed by atoms with Gasteiger partial charge in [-0.25, -0.2) is 0 Å². The van der Waals surface area contributed by atoms with Crippen LogP contribution in [0.3, 0.4) is 0 Å². The molecule has 0 aliphatic carbocycles. The Kier molecular flexibility index (Phi) is 7.15. The largest absolute Gasteiger partial charge is 0.365 e. The standard InChI is InChI=1S/C14H24O2/c1-2-3-4-5-6-7-8-10-13-14(16-13)11-9-12-15/h9,11-14H,2-8,10H2,1H3/b11-9+/t13-,14-/m0/s1. The van der Waals surface area contributed by atoms with E-state index < -0.39 is 0 Å². The van der Waals surface area contributed by atoms with Crippen LogP contribution < -0.4 is 0 Å². The molecule has 0 aromatic carbocycles. The number of carbonyl (C=O) groups is 1. The van der Waals surface area contributed by atoms with Crippen LogP contribution in [0.15, 0.2) is 12.2 Å². The van der Waals surface area contributed by atoms with Gasteiger partial charge in [-0.15, -0.1) is 0 Å². The Balaban J connectivity index is 1.82. The summed E-state index contributed by atoms with van der Waals surface area (Å²) in [5.74, 6) is 0. The van der Waals surface area contributed by atoms with Crippen LogP contribution in [0.2, 0.25) is 0 Å². The molecule has 2 heteroatoms. The smallest absolute Gasteiger partial charge is 0.142 e. The van der Waals surface area contributed by atoms with Crippen LogP contribution in [0.25, 0.3) is 0 Å². The van der Waals surface area contributed by atoms with Crippen molar-refractivity contribution in [2.75, 3.05) is 0 Å². The van der Waals surface area contributed by atoms with Gasteiger partial charge in [0.25, 0.3) is 0 Å². The first-order valence-electron chi connectivity index (χ1n) is 6.66. The maximum Gasteiger partial charge on any atom is 0.142 e. The Bertz CT molecular complexity index is 211. The van der Waals surface area contributed by atoms with Crippen LogP contribution in [-0.2, 0) is 9.53 Å². The first-order valence-corrected chi connectivity index (χ1v) is 6.66. The lowest BCUT2D eigenvalue weighted by Gasteiger charge is -1.99. The zero-order valence-corrected chi connectivity index (χ0v) is 10.4. The molecule has 1 fully saturated rings. The molecule has 1 aliphatic rings. The highest BCUT2D eigenvalue weighted by Gasteiger charge is 2.35. The molecule has 0 N–H and O–H groups in total. The van der Waals surface area contributed by atoms with Gasteiger partial charge in [0, 0.05) is 0 Å². The molecule has 0 amide bonds. The van der Waals surface area contributed by atoms with Crippen molar-refractivity contribution >= 4 is 6.29 Å². The fraction of sp³-hybridized carbons (Fsp3) is 0.786. The Labute approximate surface area is 99.1 Å². The van der Waals surface area contributed by atoms with Crippen molar-refractivity contribution in [2.24, 2.45) is 0 Å². The van der Waals surface area contributed by atoms with Gasteiger partial charge in [0.05, 0.1) is 6.10 Å². The van der Waals surface area contributed by atoms with E-state index in [2.05, 4.69) is 6.92 Å². The first-order chi connectivity index (χ1) is 7.88. The van der Waals surface area contributed by atoms with Crippen molar-refractivity contribution in [1.82, 2.24) is 0 Å². The van der Waals surface area contributed by atoms with Crippen molar-refractivity contribution in [1.29, 1.82) is 0 Å². The molecule has 1 rings (SSSR count). The zero-order chi connectivity index (χ0) is 11.6. The molecule has 1 heterocycles. The predicted octanol–water partition coefficient (Wildman–Crippen LogP) is 3.65. The summed E-state index contributed by atoms with van der Waals surface area (Å²) >= 11 is 0. The molecule has 1 aliphatic heterocycles. The van der Waals surface area contributed by atoms with Crippen LogP contribution in [0.1, 0.15) is 58.3 Å². The van der Waals surface area contributed by atoms with Gasteiger partial charge in [0.15, 0.2) is 0 Å². The summed E-state index contributed by atoms with van der Waals surface area (Å²) in [7, 11) is 0. The van der Waals surface area contributed by atoms with E-state index >= 15 is 0 Å². The van der Waals surface area contributed by atoms with Crippen LogP contribution in [0.5, 0.6) is 0 Å². The first kappa shape index (κ1) is 13.4. The summed E-state index contributed by atoms with van der Waals surface area (Å²) < 4.78 is 5.42. The number of rotatable bonds is 10. The number of ether oxygens (including phenoxy) is 1. The molecule has 0 spiro atoms. The predicted molar refractivity (Wildman–Crippen MR) is 66.5 cm³/mol. The van der Waals surface area contributed by atoms with E-state index in [1.165, 1.54) is 51.0 Å². The van der Waals surface area contributed by atoms with Gasteiger partial charge in [0.1, 0.15) is 12.4 Å². The maximum absolute atomic E-state index is 10.1. The molecule has 0 radical (unpaired) electrons. The van der Waals surface area contributed by atoms with Gasteiger partial charge in [-0.05, 0) is 12.5 Å². The Morgan fingerprint density at radius 1 is 1.06 bits per heavy atom. The Morgan fingerprint density at radius 2 is 1.75 bits per heavy atom. The second-order valence-corrected chi connectivity index (χ2v) is 4.57. The van der Waals surface area contributed by atoms with E-state index in [1.807, 2.05) is 6.08 Å². The third-order valence-electron chi connectivity index (χ3n) is 3.09. The fourth-order valence-electron chi connectivity index (χ4n) is 2.02. The molecule has 0 aromatic heterocycles. The molecule has 0 aromatic rings. The minimum atomic E-state index is 0.227. The normalized spacial score (nSPS) is 23.8. The lowest BCUT2D eigenvalue weighted by Crippen LogP contribution is -1.91. The lowest BCUT2D eigenvalue weighted by molar-refractivity contribution is -0.104. The molecule has 16 heavy (non-hydrogen) atoms. The van der Waals surface area contributed by atoms with Crippen molar-refractivity contribution in [3.63, 3.8) is 0 Å². The summed E-state index contributed by atoms with van der Waals surface area (Å²) in [6.45, 7) is 2.25. The third kappa shape index (κ3) is 6.06. The van der Waals surface area contributed by atoms with Gasteiger partial charge in [-0.3, -0.25) is 4.79 Å². The molecule has 1 saturated heterocycles. The number of epoxide rings is 1. The monoisotopic (exact) mass is 224 g/mol. The third-order valence-corrected chi connectivity index (χ3v) is 3.09. The van der Waals surface area contributed by atoms with Gasteiger partial charge < -0.3 is 4.74 Å². The number of hydrogen-bond donors (Lipinski definition) is 0. The second-order valence-electron chi connectivity index (χ2n) is 4.57. The summed E-state index contributed by atoms with van der Waals surface area (Å²) in [4.78, 5) is 10.1. The van der Waals surface area contributed by atoms with E-state index in [1.54, 1.807) is 0 Å². The van der Waals surface area contributed by atoms with Crippen LogP contribution in [0, 0.1) is 0 Å². The van der Waals surface area contributed by atoms with Gasteiger partial charge >= 0.3 is 0 Å². The minimum Gasteiger partial charge on any atom is -0.365 e. The molecular formula is C14H24O2. The SMILES string of the molecule is CCCCCCCCC[C@@H]1O[C@H]1/C=C/C=O. The molecule has 0 saturated carbocycles. The van der Waals surface area contributed by atoms with Gasteiger partial charge in [-0.1, -0.05) is 57.9 Å². The quantitative estimate of drug-likeness (QED) is 0.245. The summed E-state index contributed by atoms with van der Waals surface area (Å²) in [6, 6.07) is 0. The Morgan fingerprint density at radius 3 is 2.44 bits per heavy atom. The molecule has 0 unspecified atom stereocenters.